The fourth-order valence-electron chi connectivity index (χ4n) is 6.32. The Labute approximate surface area is 276 Å². The molecule has 3 aromatic carbocycles. The molecular weight excluding hydrogens is 642 g/mol. The summed E-state index contributed by atoms with van der Waals surface area (Å²) in [4.78, 5) is 17.4. The van der Waals surface area contributed by atoms with Crippen molar-refractivity contribution in [2.45, 2.75) is 37.8 Å². The number of nitrogens with zero attached hydrogens (tertiary/aromatic N) is 4. The first-order chi connectivity index (χ1) is 23.1. The van der Waals surface area contributed by atoms with Crippen LogP contribution in [0.1, 0.15) is 35.8 Å². The molecule has 1 aliphatic heterocycles. The number of hydrogen-bond donors (Lipinski definition) is 3. The third kappa shape index (κ3) is 6.88. The van der Waals surface area contributed by atoms with Crippen LogP contribution in [-0.2, 0) is 23.2 Å². The van der Waals surface area contributed by atoms with E-state index in [4.69, 9.17) is 4.74 Å². The molecule has 2 aromatic heterocycles. The van der Waals surface area contributed by atoms with Crippen LogP contribution in [0.2, 0.25) is 0 Å². The number of aliphatic hydroxyl groups excluding tert-OH is 1. The first kappa shape index (κ1) is 33.4. The smallest absolute Gasteiger partial charge is 0.240 e. The summed E-state index contributed by atoms with van der Waals surface area (Å²) in [7, 11) is -2.52. The summed E-state index contributed by atoms with van der Waals surface area (Å²) in [6.45, 7) is 3.92. The first-order valence-corrected chi connectivity index (χ1v) is 17.1. The molecule has 1 saturated heterocycles. The van der Waals surface area contributed by atoms with Crippen LogP contribution in [-0.4, -0.2) is 77.5 Å². The van der Waals surface area contributed by atoms with E-state index in [1.807, 2.05) is 0 Å². The number of benzene rings is 3. The van der Waals surface area contributed by atoms with Gasteiger partial charge in [-0.2, -0.15) is 0 Å². The van der Waals surface area contributed by atoms with Crippen molar-refractivity contribution in [1.82, 2.24) is 29.6 Å². The van der Waals surface area contributed by atoms with Crippen molar-refractivity contribution in [2.75, 3.05) is 33.3 Å². The van der Waals surface area contributed by atoms with Crippen molar-refractivity contribution in [2.24, 2.45) is 5.92 Å². The minimum atomic E-state index is -3.97. The van der Waals surface area contributed by atoms with Crippen molar-refractivity contribution in [3.63, 3.8) is 0 Å². The predicted octanol–water partition coefficient (Wildman–Crippen LogP) is 4.77. The highest BCUT2D eigenvalue weighted by Gasteiger charge is 2.24. The number of hydrogen-bond acceptors (Lipinski definition) is 8. The van der Waals surface area contributed by atoms with Gasteiger partial charge in [0.15, 0.2) is 5.78 Å². The number of carbonyl (C=O) groups excluding carboxylic acids is 1. The molecule has 0 aliphatic carbocycles. The van der Waals surface area contributed by atoms with Gasteiger partial charge in [0.1, 0.15) is 23.1 Å². The maximum Gasteiger partial charge on any atom is 0.240 e. The van der Waals surface area contributed by atoms with Gasteiger partial charge >= 0.3 is 0 Å². The van der Waals surface area contributed by atoms with Gasteiger partial charge in [-0.05, 0) is 79.9 Å². The molecule has 0 unspecified atom stereocenters. The zero-order valence-electron chi connectivity index (χ0n) is 26.5. The lowest BCUT2D eigenvalue weighted by molar-refractivity contribution is 0.101. The van der Waals surface area contributed by atoms with Gasteiger partial charge in [0.05, 0.1) is 30.5 Å². The number of ketones is 1. The molecule has 0 radical (unpaired) electrons. The van der Waals surface area contributed by atoms with Gasteiger partial charge in [-0.15, -0.1) is 5.10 Å². The summed E-state index contributed by atoms with van der Waals surface area (Å²) in [6.07, 6.45) is 3.51. The summed E-state index contributed by atoms with van der Waals surface area (Å²) < 4.78 is 64.9. The van der Waals surface area contributed by atoms with Crippen LogP contribution >= 0.6 is 0 Å². The molecular formula is C34H36F2N6O5S. The van der Waals surface area contributed by atoms with E-state index in [2.05, 4.69) is 24.9 Å². The molecule has 11 nitrogen and oxygen atoms in total. The average molecular weight is 679 g/mol. The standard InChI is InChI=1S/C34H36F2N6O5S/c1-21(44)34-33(27-16-24(35)6-9-29(27)38-34)30-19-42(40-39-30)18-22-10-13-41(14-11-22)15-12-37-48(45,46)25-7-8-26(28(36)17-25)32-23(20-43)4-3-5-31(32)47-2/h3-9,16-17,19,22,37-38,43H,10-15,18,20H2,1-2H3. The topological polar surface area (TPSA) is 142 Å². The van der Waals surface area contributed by atoms with Crippen molar-refractivity contribution in [3.05, 3.63) is 83.7 Å². The monoisotopic (exact) mass is 678 g/mol. The van der Waals surface area contributed by atoms with Gasteiger partial charge in [-0.3, -0.25) is 9.48 Å². The number of carbonyl (C=O) groups is 1. The zero-order valence-corrected chi connectivity index (χ0v) is 27.4. The Morgan fingerprint density at radius 1 is 1.10 bits per heavy atom. The molecule has 3 N–H and O–H groups in total. The van der Waals surface area contributed by atoms with Gasteiger partial charge in [-0.25, -0.2) is 21.9 Å². The number of nitrogens with one attached hydrogen (secondary N) is 2. The highest BCUT2D eigenvalue weighted by atomic mass is 32.2. The van der Waals surface area contributed by atoms with E-state index >= 15 is 4.39 Å². The molecule has 1 fully saturated rings. The molecule has 0 spiro atoms. The van der Waals surface area contributed by atoms with Crippen LogP contribution in [0, 0.1) is 17.6 Å². The van der Waals surface area contributed by atoms with Gasteiger partial charge in [0.25, 0.3) is 0 Å². The lowest BCUT2D eigenvalue weighted by Gasteiger charge is -2.31. The van der Waals surface area contributed by atoms with Crippen LogP contribution in [0.25, 0.3) is 33.3 Å². The highest BCUT2D eigenvalue weighted by Crippen LogP contribution is 2.36. The fourth-order valence-corrected chi connectivity index (χ4v) is 7.36. The summed E-state index contributed by atoms with van der Waals surface area (Å²) >= 11 is 0. The second kappa shape index (κ2) is 13.9. The fraction of sp³-hybridized carbons (Fsp3) is 0.324. The van der Waals surface area contributed by atoms with Crippen LogP contribution in [0.15, 0.2) is 65.7 Å². The molecule has 0 atom stereocenters. The maximum absolute atomic E-state index is 15.2. The van der Waals surface area contributed by atoms with E-state index in [-0.39, 0.29) is 29.4 Å². The number of H-pyrrole nitrogens is 1. The first-order valence-electron chi connectivity index (χ1n) is 15.6. The SMILES string of the molecule is COc1cccc(CO)c1-c1ccc(S(=O)(=O)NCCN2CCC(Cn3cc(-c4c(C(C)=O)[nH]c5ccc(F)cc45)nn3)CC2)cc1F. The number of aromatic amines is 1. The third-order valence-electron chi connectivity index (χ3n) is 8.80. The molecule has 6 rings (SSSR count). The second-order valence-electron chi connectivity index (χ2n) is 11.9. The molecule has 48 heavy (non-hydrogen) atoms. The lowest BCUT2D eigenvalue weighted by Crippen LogP contribution is -2.40. The number of likely N-dealkylation sites (tertiary alicyclic amines) is 1. The number of fused-ring (bicyclic) bond motifs is 1. The van der Waals surface area contributed by atoms with E-state index in [9.17, 15) is 22.7 Å². The number of piperidine rings is 1. The van der Waals surface area contributed by atoms with E-state index in [1.165, 1.54) is 38.3 Å². The number of halogens is 2. The third-order valence-corrected chi connectivity index (χ3v) is 10.3. The summed E-state index contributed by atoms with van der Waals surface area (Å²) in [5, 5.41) is 18.9. The zero-order chi connectivity index (χ0) is 34.0. The number of Topliss-reactive ketones (excluding diaryl/α,β-unsaturated/α-hetero) is 1. The number of methoxy groups -OCH3 is 1. The molecule has 3 heterocycles. The van der Waals surface area contributed by atoms with Crippen LogP contribution < -0.4 is 9.46 Å². The van der Waals surface area contributed by atoms with Gasteiger partial charge in [0.2, 0.25) is 10.0 Å². The van der Waals surface area contributed by atoms with E-state index < -0.39 is 21.7 Å². The Hall–Kier alpha value is -4.50. The number of ether oxygens (including phenoxy) is 1. The van der Waals surface area contributed by atoms with Crippen LogP contribution in [0.5, 0.6) is 5.75 Å². The Bertz CT molecular complexity index is 2050. The Balaban J connectivity index is 1.03. The molecule has 0 saturated carbocycles. The van der Waals surface area contributed by atoms with Crippen molar-refractivity contribution in [1.29, 1.82) is 0 Å². The minimum absolute atomic E-state index is 0.134. The average Bonchev–Trinajstić information content (AvgIpc) is 3.69. The summed E-state index contributed by atoms with van der Waals surface area (Å²) in [5.74, 6) is -0.645. The van der Waals surface area contributed by atoms with Crippen LogP contribution in [0.4, 0.5) is 8.78 Å². The normalized spacial score (nSPS) is 14.5. The van der Waals surface area contributed by atoms with Crippen molar-refractivity contribution in [3.8, 4) is 28.1 Å². The van der Waals surface area contributed by atoms with E-state index in [0.717, 1.165) is 32.0 Å². The minimum Gasteiger partial charge on any atom is -0.496 e. The summed E-state index contributed by atoms with van der Waals surface area (Å²) in [6, 6.07) is 13.0. The number of sulfonamides is 1. The lowest BCUT2D eigenvalue weighted by atomic mass is 9.97. The molecule has 14 heteroatoms. The Kier molecular flexibility index (Phi) is 9.69. The number of rotatable bonds is 12. The largest absolute Gasteiger partial charge is 0.496 e. The quantitative estimate of drug-likeness (QED) is 0.160. The molecule has 0 bridgehead atoms. The number of aliphatic hydroxyl groups is 1. The Morgan fingerprint density at radius 3 is 2.60 bits per heavy atom. The van der Waals surface area contributed by atoms with Crippen molar-refractivity contribution >= 4 is 26.7 Å². The van der Waals surface area contributed by atoms with Gasteiger partial charge in [0, 0.05) is 54.2 Å². The summed E-state index contributed by atoms with van der Waals surface area (Å²) in [5.41, 5.74) is 3.00. The van der Waals surface area contributed by atoms with E-state index in [1.54, 1.807) is 35.1 Å². The van der Waals surface area contributed by atoms with Crippen LogP contribution in [0.3, 0.4) is 0 Å². The second-order valence-corrected chi connectivity index (χ2v) is 13.7. The highest BCUT2D eigenvalue weighted by molar-refractivity contribution is 7.89. The number of aromatic nitrogens is 4. The Morgan fingerprint density at radius 2 is 1.90 bits per heavy atom. The molecule has 5 aromatic rings. The maximum atomic E-state index is 15.2. The molecule has 252 valence electrons. The van der Waals surface area contributed by atoms with Crippen molar-refractivity contribution < 1.29 is 31.8 Å². The van der Waals surface area contributed by atoms with Gasteiger partial charge < -0.3 is 19.7 Å². The molecule has 0 amide bonds. The van der Waals surface area contributed by atoms with E-state index in [0.29, 0.717) is 63.7 Å². The predicted molar refractivity (Wildman–Crippen MR) is 176 cm³/mol. The van der Waals surface area contributed by atoms with Gasteiger partial charge in [-0.1, -0.05) is 17.3 Å². The molecule has 1 aliphatic rings.